The Morgan fingerprint density at radius 1 is 1.05 bits per heavy atom. The quantitative estimate of drug-likeness (QED) is 0.908. The minimum atomic E-state index is 0.731. The van der Waals surface area contributed by atoms with Crippen molar-refractivity contribution in [1.82, 2.24) is 10.2 Å². The summed E-state index contributed by atoms with van der Waals surface area (Å²) < 4.78 is 0. The molecular weight excluding hydrogens is 244 g/mol. The van der Waals surface area contributed by atoms with Crippen molar-refractivity contribution >= 4 is 0 Å². The molecule has 1 heterocycles. The van der Waals surface area contributed by atoms with Gasteiger partial charge in [0.2, 0.25) is 0 Å². The molecule has 2 atom stereocenters. The lowest BCUT2D eigenvalue weighted by atomic mass is 9.75. The lowest BCUT2D eigenvalue weighted by molar-refractivity contribution is 0.147. The molecule has 110 valence electrons. The molecule has 0 aromatic heterocycles. The molecule has 1 aliphatic heterocycles. The van der Waals surface area contributed by atoms with E-state index in [9.17, 15) is 0 Å². The Kier molecular flexibility index (Phi) is 4.13. The molecule has 1 aromatic rings. The number of benzene rings is 1. The summed E-state index contributed by atoms with van der Waals surface area (Å²) in [5.41, 5.74) is 2.90. The number of hydrogen-bond donors (Lipinski definition) is 1. The van der Waals surface area contributed by atoms with E-state index in [2.05, 4.69) is 55.4 Å². The van der Waals surface area contributed by atoms with E-state index in [0.717, 1.165) is 24.0 Å². The lowest BCUT2D eigenvalue weighted by Crippen LogP contribution is -2.51. The SMILES string of the molecule is Cc1ccc(C2CC(NC3CCN(C)C(C)C3)C2)cc1. The van der Waals surface area contributed by atoms with Gasteiger partial charge in [0, 0.05) is 18.1 Å². The molecule has 0 bridgehead atoms. The smallest absolute Gasteiger partial charge is 0.00966 e. The normalized spacial score (nSPS) is 34.8. The Balaban J connectivity index is 1.45. The highest BCUT2D eigenvalue weighted by molar-refractivity contribution is 5.26. The van der Waals surface area contributed by atoms with Gasteiger partial charge in [0.05, 0.1) is 0 Å². The van der Waals surface area contributed by atoms with E-state index in [1.54, 1.807) is 0 Å². The molecule has 3 rings (SSSR count). The third-order valence-electron chi connectivity index (χ3n) is 5.37. The van der Waals surface area contributed by atoms with E-state index >= 15 is 0 Å². The lowest BCUT2D eigenvalue weighted by Gasteiger charge is -2.42. The first-order valence-corrected chi connectivity index (χ1v) is 8.14. The Hall–Kier alpha value is -0.860. The summed E-state index contributed by atoms with van der Waals surface area (Å²) >= 11 is 0. The van der Waals surface area contributed by atoms with Gasteiger partial charge in [0.15, 0.2) is 0 Å². The highest BCUT2D eigenvalue weighted by Crippen LogP contribution is 2.37. The van der Waals surface area contributed by atoms with Crippen molar-refractivity contribution in [2.24, 2.45) is 0 Å². The van der Waals surface area contributed by atoms with Crippen molar-refractivity contribution in [3.8, 4) is 0 Å². The van der Waals surface area contributed by atoms with E-state index < -0.39 is 0 Å². The molecule has 0 amide bonds. The molecule has 1 aromatic carbocycles. The fourth-order valence-corrected chi connectivity index (χ4v) is 3.64. The molecule has 1 saturated carbocycles. The predicted molar refractivity (Wildman–Crippen MR) is 85.2 cm³/mol. The van der Waals surface area contributed by atoms with Crippen LogP contribution in [0.3, 0.4) is 0 Å². The summed E-state index contributed by atoms with van der Waals surface area (Å²) in [6, 6.07) is 11.3. The Bertz CT molecular complexity index is 433. The molecular formula is C18H28N2. The van der Waals surface area contributed by atoms with Gasteiger partial charge in [-0.2, -0.15) is 0 Å². The van der Waals surface area contributed by atoms with Crippen LogP contribution in [-0.2, 0) is 0 Å². The zero-order valence-corrected chi connectivity index (χ0v) is 13.1. The number of nitrogens with zero attached hydrogens (tertiary/aromatic N) is 1. The zero-order chi connectivity index (χ0) is 14.1. The average Bonchev–Trinajstić information content (AvgIpc) is 2.39. The monoisotopic (exact) mass is 272 g/mol. The van der Waals surface area contributed by atoms with Crippen LogP contribution < -0.4 is 5.32 Å². The minimum absolute atomic E-state index is 0.731. The Labute approximate surface area is 123 Å². The Morgan fingerprint density at radius 3 is 2.40 bits per heavy atom. The van der Waals surface area contributed by atoms with E-state index in [0.29, 0.717) is 0 Å². The molecule has 2 unspecified atom stereocenters. The standard InChI is InChI=1S/C18H28N2/c1-13-4-6-15(7-5-13)16-11-18(12-16)19-17-8-9-20(3)14(2)10-17/h4-7,14,16-19H,8-12H2,1-3H3. The number of piperidine rings is 1. The molecule has 0 spiro atoms. The van der Waals surface area contributed by atoms with Crippen LogP contribution in [0.25, 0.3) is 0 Å². The van der Waals surface area contributed by atoms with Crippen molar-refractivity contribution < 1.29 is 0 Å². The largest absolute Gasteiger partial charge is 0.311 e. The fraction of sp³-hybridized carbons (Fsp3) is 0.667. The van der Waals surface area contributed by atoms with Crippen LogP contribution in [0.4, 0.5) is 0 Å². The Morgan fingerprint density at radius 2 is 1.75 bits per heavy atom. The molecule has 1 saturated heterocycles. The topological polar surface area (TPSA) is 15.3 Å². The van der Waals surface area contributed by atoms with Crippen LogP contribution in [0, 0.1) is 6.92 Å². The first-order chi connectivity index (χ1) is 9.61. The summed E-state index contributed by atoms with van der Waals surface area (Å²) in [4.78, 5) is 2.48. The predicted octanol–water partition coefficient (Wildman–Crippen LogP) is 3.31. The number of likely N-dealkylation sites (tertiary alicyclic amines) is 1. The molecule has 2 fully saturated rings. The van der Waals surface area contributed by atoms with Crippen LogP contribution in [-0.4, -0.2) is 36.6 Å². The van der Waals surface area contributed by atoms with Gasteiger partial charge in [-0.05, 0) is 64.6 Å². The highest BCUT2D eigenvalue weighted by atomic mass is 15.1. The number of aryl methyl sites for hydroxylation is 1. The van der Waals surface area contributed by atoms with E-state index in [-0.39, 0.29) is 0 Å². The third kappa shape index (κ3) is 3.07. The van der Waals surface area contributed by atoms with Crippen molar-refractivity contribution in [3.05, 3.63) is 35.4 Å². The van der Waals surface area contributed by atoms with Crippen molar-refractivity contribution in [2.75, 3.05) is 13.6 Å². The molecule has 20 heavy (non-hydrogen) atoms. The maximum Gasteiger partial charge on any atom is 0.00966 e. The minimum Gasteiger partial charge on any atom is -0.311 e. The van der Waals surface area contributed by atoms with Crippen molar-refractivity contribution in [1.29, 1.82) is 0 Å². The average molecular weight is 272 g/mol. The highest BCUT2D eigenvalue weighted by Gasteiger charge is 2.33. The molecule has 2 aliphatic rings. The summed E-state index contributed by atoms with van der Waals surface area (Å²) in [5, 5.41) is 3.89. The second-order valence-corrected chi connectivity index (χ2v) is 6.99. The van der Waals surface area contributed by atoms with Crippen LogP contribution in [0.15, 0.2) is 24.3 Å². The van der Waals surface area contributed by atoms with Gasteiger partial charge in [0.1, 0.15) is 0 Å². The van der Waals surface area contributed by atoms with Gasteiger partial charge in [-0.3, -0.25) is 0 Å². The fourth-order valence-electron chi connectivity index (χ4n) is 3.64. The van der Waals surface area contributed by atoms with Crippen molar-refractivity contribution in [2.45, 2.75) is 63.6 Å². The zero-order valence-electron chi connectivity index (χ0n) is 13.1. The molecule has 2 nitrogen and oxygen atoms in total. The number of nitrogens with one attached hydrogen (secondary N) is 1. The van der Waals surface area contributed by atoms with Crippen LogP contribution >= 0.6 is 0 Å². The first kappa shape index (κ1) is 14.1. The molecule has 1 aliphatic carbocycles. The second kappa shape index (κ2) is 5.87. The van der Waals surface area contributed by atoms with Gasteiger partial charge in [-0.1, -0.05) is 29.8 Å². The van der Waals surface area contributed by atoms with Gasteiger partial charge >= 0.3 is 0 Å². The summed E-state index contributed by atoms with van der Waals surface area (Å²) in [6.07, 6.45) is 5.27. The summed E-state index contributed by atoms with van der Waals surface area (Å²) in [7, 11) is 2.25. The van der Waals surface area contributed by atoms with Crippen LogP contribution in [0.1, 0.15) is 49.7 Å². The number of rotatable bonds is 3. The van der Waals surface area contributed by atoms with Gasteiger partial charge in [-0.25, -0.2) is 0 Å². The van der Waals surface area contributed by atoms with E-state index in [1.807, 2.05) is 0 Å². The van der Waals surface area contributed by atoms with E-state index in [4.69, 9.17) is 0 Å². The van der Waals surface area contributed by atoms with Gasteiger partial charge in [-0.15, -0.1) is 0 Å². The van der Waals surface area contributed by atoms with Crippen LogP contribution in [0.2, 0.25) is 0 Å². The second-order valence-electron chi connectivity index (χ2n) is 6.99. The van der Waals surface area contributed by atoms with Gasteiger partial charge < -0.3 is 10.2 Å². The summed E-state index contributed by atoms with van der Waals surface area (Å²) in [5.74, 6) is 0.789. The molecule has 2 heteroatoms. The van der Waals surface area contributed by atoms with E-state index in [1.165, 1.54) is 43.4 Å². The maximum atomic E-state index is 3.89. The first-order valence-electron chi connectivity index (χ1n) is 8.14. The maximum absolute atomic E-state index is 3.89. The molecule has 0 radical (unpaired) electrons. The van der Waals surface area contributed by atoms with Crippen LogP contribution in [0.5, 0.6) is 0 Å². The number of hydrogen-bond acceptors (Lipinski definition) is 2. The van der Waals surface area contributed by atoms with Crippen molar-refractivity contribution in [3.63, 3.8) is 0 Å². The van der Waals surface area contributed by atoms with Gasteiger partial charge in [0.25, 0.3) is 0 Å². The third-order valence-corrected chi connectivity index (χ3v) is 5.37. The molecule has 1 N–H and O–H groups in total. The summed E-state index contributed by atoms with van der Waals surface area (Å²) in [6.45, 7) is 5.76.